The van der Waals surface area contributed by atoms with E-state index in [0.29, 0.717) is 24.0 Å². The molecule has 0 heterocycles. The van der Waals surface area contributed by atoms with E-state index in [2.05, 4.69) is 24.1 Å². The van der Waals surface area contributed by atoms with Crippen LogP contribution < -0.4 is 16.2 Å². The molecule has 20 heavy (non-hydrogen) atoms. The zero-order valence-electron chi connectivity index (χ0n) is 12.3. The number of nitrogens with zero attached hydrogens (tertiary/aromatic N) is 1. The van der Waals surface area contributed by atoms with Crippen molar-refractivity contribution in [3.63, 3.8) is 0 Å². The molecule has 114 valence electrons. The Labute approximate surface area is 121 Å². The minimum atomic E-state index is -3.78. The highest BCUT2D eigenvalue weighted by atomic mass is 32.2. The summed E-state index contributed by atoms with van der Waals surface area (Å²) in [5.41, 5.74) is 6.46. The van der Waals surface area contributed by atoms with E-state index in [4.69, 9.17) is 10.9 Å². The van der Waals surface area contributed by atoms with Crippen LogP contribution in [-0.4, -0.2) is 39.5 Å². The van der Waals surface area contributed by atoms with E-state index in [1.54, 1.807) is 12.1 Å². The summed E-state index contributed by atoms with van der Waals surface area (Å²) in [5.74, 6) is 0. The van der Waals surface area contributed by atoms with Gasteiger partial charge in [0.15, 0.2) is 0 Å². The van der Waals surface area contributed by atoms with Crippen molar-refractivity contribution in [3.05, 3.63) is 18.2 Å². The predicted molar refractivity (Wildman–Crippen MR) is 83.1 cm³/mol. The fourth-order valence-corrected chi connectivity index (χ4v) is 2.57. The van der Waals surface area contributed by atoms with Crippen LogP contribution in [0.2, 0.25) is 0 Å². The molecule has 0 fully saturated rings. The average molecular weight is 300 g/mol. The quantitative estimate of drug-likeness (QED) is 0.654. The van der Waals surface area contributed by atoms with Crippen molar-refractivity contribution >= 4 is 21.4 Å². The van der Waals surface area contributed by atoms with Gasteiger partial charge in [-0.05, 0) is 38.6 Å². The standard InChI is InChI=1S/C13H24N4O2S/c1-4-10(2)17(3)8-7-16-12-6-5-11(14)9-13(12)20(15,18)19/h5-6,9-10,16H,4,7-8,14H2,1-3H3,(H2,15,18,19). The fourth-order valence-electron chi connectivity index (χ4n) is 1.82. The maximum absolute atomic E-state index is 11.5. The highest BCUT2D eigenvalue weighted by molar-refractivity contribution is 7.89. The van der Waals surface area contributed by atoms with Crippen LogP contribution in [0.5, 0.6) is 0 Å². The lowest BCUT2D eigenvalue weighted by Gasteiger charge is -2.24. The molecule has 6 nitrogen and oxygen atoms in total. The molecular weight excluding hydrogens is 276 g/mol. The molecule has 1 atom stereocenters. The van der Waals surface area contributed by atoms with Crippen molar-refractivity contribution in [2.45, 2.75) is 31.2 Å². The van der Waals surface area contributed by atoms with E-state index in [0.717, 1.165) is 13.0 Å². The highest BCUT2D eigenvalue weighted by Gasteiger charge is 2.14. The Bertz CT molecular complexity index is 545. The molecule has 1 unspecified atom stereocenters. The third kappa shape index (κ3) is 4.66. The number of hydrogen-bond acceptors (Lipinski definition) is 5. The Morgan fingerprint density at radius 2 is 2.05 bits per heavy atom. The zero-order valence-corrected chi connectivity index (χ0v) is 13.1. The van der Waals surface area contributed by atoms with Gasteiger partial charge in [0.1, 0.15) is 4.90 Å². The van der Waals surface area contributed by atoms with E-state index in [-0.39, 0.29) is 4.90 Å². The van der Waals surface area contributed by atoms with E-state index < -0.39 is 10.0 Å². The number of rotatable bonds is 7. The first kappa shape index (κ1) is 16.7. The summed E-state index contributed by atoms with van der Waals surface area (Å²) in [6.07, 6.45) is 1.07. The van der Waals surface area contributed by atoms with Crippen LogP contribution in [0, 0.1) is 0 Å². The molecule has 0 amide bonds. The number of benzene rings is 1. The molecule has 1 aromatic carbocycles. The third-order valence-corrected chi connectivity index (χ3v) is 4.39. The first-order chi connectivity index (χ1) is 9.25. The van der Waals surface area contributed by atoms with Crippen molar-refractivity contribution in [2.75, 3.05) is 31.2 Å². The van der Waals surface area contributed by atoms with Crippen molar-refractivity contribution in [1.29, 1.82) is 0 Å². The van der Waals surface area contributed by atoms with Gasteiger partial charge in [-0.1, -0.05) is 6.92 Å². The van der Waals surface area contributed by atoms with Crippen LogP contribution in [0.3, 0.4) is 0 Å². The third-order valence-electron chi connectivity index (χ3n) is 3.44. The van der Waals surface area contributed by atoms with Gasteiger partial charge in [-0.15, -0.1) is 0 Å². The predicted octanol–water partition coefficient (Wildman–Crippen LogP) is 1.06. The molecule has 0 spiro atoms. The minimum Gasteiger partial charge on any atom is -0.399 e. The Morgan fingerprint density at radius 3 is 2.60 bits per heavy atom. The molecule has 0 bridgehead atoms. The molecule has 0 saturated carbocycles. The second-order valence-corrected chi connectivity index (χ2v) is 6.50. The molecular formula is C13H24N4O2S. The Balaban J connectivity index is 2.74. The molecule has 1 rings (SSSR count). The van der Waals surface area contributed by atoms with Crippen molar-refractivity contribution < 1.29 is 8.42 Å². The Hall–Kier alpha value is -1.31. The maximum atomic E-state index is 11.5. The average Bonchev–Trinajstić information content (AvgIpc) is 2.38. The number of anilines is 2. The zero-order chi connectivity index (χ0) is 15.3. The molecule has 7 heteroatoms. The Morgan fingerprint density at radius 1 is 1.40 bits per heavy atom. The van der Waals surface area contributed by atoms with Crippen LogP contribution in [0.4, 0.5) is 11.4 Å². The van der Waals surface area contributed by atoms with Gasteiger partial charge in [-0.2, -0.15) is 0 Å². The van der Waals surface area contributed by atoms with Gasteiger partial charge in [-0.3, -0.25) is 0 Å². The second-order valence-electron chi connectivity index (χ2n) is 4.97. The summed E-state index contributed by atoms with van der Waals surface area (Å²) in [5, 5.41) is 8.29. The smallest absolute Gasteiger partial charge is 0.240 e. The number of nitrogens with one attached hydrogen (secondary N) is 1. The van der Waals surface area contributed by atoms with Gasteiger partial charge in [-0.25, -0.2) is 13.6 Å². The van der Waals surface area contributed by atoms with Crippen LogP contribution in [-0.2, 0) is 10.0 Å². The van der Waals surface area contributed by atoms with Gasteiger partial charge >= 0.3 is 0 Å². The van der Waals surface area contributed by atoms with E-state index >= 15 is 0 Å². The summed E-state index contributed by atoms with van der Waals surface area (Å²) < 4.78 is 23.1. The first-order valence-electron chi connectivity index (χ1n) is 6.62. The number of hydrogen-bond donors (Lipinski definition) is 3. The van der Waals surface area contributed by atoms with Crippen LogP contribution in [0.1, 0.15) is 20.3 Å². The van der Waals surface area contributed by atoms with Crippen LogP contribution in [0.25, 0.3) is 0 Å². The summed E-state index contributed by atoms with van der Waals surface area (Å²) >= 11 is 0. The molecule has 1 aromatic rings. The maximum Gasteiger partial charge on any atom is 0.240 e. The normalized spacial score (nSPS) is 13.4. The first-order valence-corrected chi connectivity index (χ1v) is 8.16. The SMILES string of the molecule is CCC(C)N(C)CCNc1ccc(N)cc1S(N)(=O)=O. The van der Waals surface area contributed by atoms with Crippen molar-refractivity contribution in [3.8, 4) is 0 Å². The number of primary sulfonamides is 1. The fraction of sp³-hybridized carbons (Fsp3) is 0.538. The largest absolute Gasteiger partial charge is 0.399 e. The van der Waals surface area contributed by atoms with E-state index in [1.165, 1.54) is 6.07 Å². The number of sulfonamides is 1. The second kappa shape index (κ2) is 6.92. The summed E-state index contributed by atoms with van der Waals surface area (Å²) in [6.45, 7) is 5.73. The molecule has 0 aliphatic carbocycles. The summed E-state index contributed by atoms with van der Waals surface area (Å²) in [6, 6.07) is 5.14. The topological polar surface area (TPSA) is 101 Å². The van der Waals surface area contributed by atoms with Crippen LogP contribution in [0.15, 0.2) is 23.1 Å². The van der Waals surface area contributed by atoms with E-state index in [9.17, 15) is 8.42 Å². The molecule has 5 N–H and O–H groups in total. The van der Waals surface area contributed by atoms with Crippen LogP contribution >= 0.6 is 0 Å². The van der Waals surface area contributed by atoms with Gasteiger partial charge in [0.25, 0.3) is 0 Å². The lowest BCUT2D eigenvalue weighted by Crippen LogP contribution is -2.33. The molecule has 0 radical (unpaired) electrons. The molecule has 0 aliphatic heterocycles. The van der Waals surface area contributed by atoms with Gasteiger partial charge in [0.05, 0.1) is 5.69 Å². The van der Waals surface area contributed by atoms with Gasteiger partial charge < -0.3 is 16.0 Å². The minimum absolute atomic E-state index is 0.0312. The monoisotopic (exact) mass is 300 g/mol. The van der Waals surface area contributed by atoms with Crippen molar-refractivity contribution in [2.24, 2.45) is 5.14 Å². The van der Waals surface area contributed by atoms with Crippen molar-refractivity contribution in [1.82, 2.24) is 4.90 Å². The van der Waals surface area contributed by atoms with Gasteiger partial charge in [0, 0.05) is 24.8 Å². The van der Waals surface area contributed by atoms with E-state index in [1.807, 2.05) is 7.05 Å². The molecule has 0 aliphatic rings. The number of nitrogens with two attached hydrogens (primary N) is 2. The summed E-state index contributed by atoms with van der Waals surface area (Å²) in [4.78, 5) is 2.24. The molecule has 0 saturated heterocycles. The lowest BCUT2D eigenvalue weighted by molar-refractivity contribution is 0.261. The summed E-state index contributed by atoms with van der Waals surface area (Å²) in [7, 11) is -1.74. The number of nitrogen functional groups attached to an aromatic ring is 1. The molecule has 0 aromatic heterocycles. The lowest BCUT2D eigenvalue weighted by atomic mass is 10.2. The highest BCUT2D eigenvalue weighted by Crippen LogP contribution is 2.22. The number of likely N-dealkylation sites (N-methyl/N-ethyl adjacent to an activating group) is 1. The van der Waals surface area contributed by atoms with Gasteiger partial charge in [0.2, 0.25) is 10.0 Å². The Kier molecular flexibility index (Phi) is 5.79.